The summed E-state index contributed by atoms with van der Waals surface area (Å²) in [6, 6.07) is 6.04. The van der Waals surface area contributed by atoms with Crippen LogP contribution in [0.4, 0.5) is 5.13 Å². The summed E-state index contributed by atoms with van der Waals surface area (Å²) in [7, 11) is 0. The monoisotopic (exact) mass is 386 g/mol. The standard InChI is InChI=1S/C18H18N4O2S2/c1-10-3-4-14-15(5-10)26-18(21-14)22-8-12(6-16(22)23)17(24)19-7-13-9-25-11(2)20-13/h3-5,9,12H,6-8H2,1-2H3,(H,19,24). The molecular weight excluding hydrogens is 368 g/mol. The molecule has 1 aliphatic rings. The van der Waals surface area contributed by atoms with Gasteiger partial charge in [0.05, 0.1) is 33.4 Å². The molecule has 1 fully saturated rings. The average molecular weight is 387 g/mol. The normalized spacial score (nSPS) is 17.2. The largest absolute Gasteiger partial charge is 0.350 e. The highest BCUT2D eigenvalue weighted by Gasteiger charge is 2.36. The minimum absolute atomic E-state index is 0.0505. The summed E-state index contributed by atoms with van der Waals surface area (Å²) in [5.74, 6) is -0.509. The molecule has 1 N–H and O–H groups in total. The number of hydrogen-bond acceptors (Lipinski definition) is 6. The lowest BCUT2D eigenvalue weighted by Gasteiger charge is -2.12. The number of thiazole rings is 2. The van der Waals surface area contributed by atoms with Crippen LogP contribution in [-0.2, 0) is 16.1 Å². The van der Waals surface area contributed by atoms with E-state index in [4.69, 9.17) is 0 Å². The molecule has 6 nitrogen and oxygen atoms in total. The van der Waals surface area contributed by atoms with Crippen LogP contribution in [0.25, 0.3) is 10.2 Å². The fourth-order valence-corrected chi connectivity index (χ4v) is 4.72. The summed E-state index contributed by atoms with van der Waals surface area (Å²) in [6.07, 6.45) is 0.219. The molecule has 8 heteroatoms. The summed E-state index contributed by atoms with van der Waals surface area (Å²) in [5.41, 5.74) is 2.90. The van der Waals surface area contributed by atoms with E-state index in [1.165, 1.54) is 11.3 Å². The van der Waals surface area contributed by atoms with Crippen LogP contribution in [0, 0.1) is 19.8 Å². The van der Waals surface area contributed by atoms with E-state index in [0.29, 0.717) is 18.2 Å². The van der Waals surface area contributed by atoms with Crippen LogP contribution in [0.5, 0.6) is 0 Å². The van der Waals surface area contributed by atoms with Crippen molar-refractivity contribution in [2.75, 3.05) is 11.4 Å². The van der Waals surface area contributed by atoms with Gasteiger partial charge in [-0.05, 0) is 31.5 Å². The van der Waals surface area contributed by atoms with Crippen LogP contribution >= 0.6 is 22.7 Å². The minimum Gasteiger partial charge on any atom is -0.350 e. The fourth-order valence-electron chi connectivity index (χ4n) is 3.01. The number of fused-ring (bicyclic) bond motifs is 1. The first-order chi connectivity index (χ1) is 12.5. The first kappa shape index (κ1) is 17.1. The Hall–Kier alpha value is -2.32. The third-order valence-electron chi connectivity index (χ3n) is 4.37. The smallest absolute Gasteiger partial charge is 0.229 e. The van der Waals surface area contributed by atoms with Gasteiger partial charge in [-0.25, -0.2) is 9.97 Å². The summed E-state index contributed by atoms with van der Waals surface area (Å²) in [4.78, 5) is 35.4. The number of carbonyl (C=O) groups is 2. The van der Waals surface area contributed by atoms with Crippen molar-refractivity contribution in [1.82, 2.24) is 15.3 Å². The van der Waals surface area contributed by atoms with E-state index < -0.39 is 0 Å². The zero-order chi connectivity index (χ0) is 18.3. The first-order valence-corrected chi connectivity index (χ1v) is 10.1. The number of hydrogen-bond donors (Lipinski definition) is 1. The molecule has 3 heterocycles. The molecule has 0 spiro atoms. The van der Waals surface area contributed by atoms with Crippen molar-refractivity contribution in [2.24, 2.45) is 5.92 Å². The number of nitrogens with one attached hydrogen (secondary N) is 1. The number of rotatable bonds is 4. The Bertz CT molecular complexity index is 994. The third-order valence-corrected chi connectivity index (χ3v) is 6.23. The topological polar surface area (TPSA) is 75.2 Å². The summed E-state index contributed by atoms with van der Waals surface area (Å²) in [5, 5.41) is 6.47. The van der Waals surface area contributed by atoms with Gasteiger partial charge in [-0.2, -0.15) is 0 Å². The van der Waals surface area contributed by atoms with Crippen molar-refractivity contribution in [1.29, 1.82) is 0 Å². The average Bonchev–Trinajstić information content (AvgIpc) is 3.30. The summed E-state index contributed by atoms with van der Waals surface area (Å²) in [6.45, 7) is 4.74. The Morgan fingerprint density at radius 1 is 1.35 bits per heavy atom. The third kappa shape index (κ3) is 3.34. The predicted molar refractivity (Wildman–Crippen MR) is 104 cm³/mol. The van der Waals surface area contributed by atoms with Crippen LogP contribution in [0.1, 0.15) is 22.7 Å². The van der Waals surface area contributed by atoms with Crippen LogP contribution in [-0.4, -0.2) is 28.3 Å². The molecule has 1 aromatic carbocycles. The van der Waals surface area contributed by atoms with Crippen molar-refractivity contribution in [3.8, 4) is 0 Å². The van der Waals surface area contributed by atoms with E-state index in [9.17, 15) is 9.59 Å². The molecule has 4 rings (SSSR count). The SMILES string of the molecule is Cc1ccc2nc(N3CC(C(=O)NCc4csc(C)n4)CC3=O)sc2c1. The zero-order valence-corrected chi connectivity index (χ0v) is 16.1. The number of amides is 2. The molecule has 1 aliphatic heterocycles. The van der Waals surface area contributed by atoms with Gasteiger partial charge in [0.25, 0.3) is 0 Å². The Morgan fingerprint density at radius 2 is 2.19 bits per heavy atom. The van der Waals surface area contributed by atoms with Crippen LogP contribution in [0.15, 0.2) is 23.6 Å². The van der Waals surface area contributed by atoms with Crippen LogP contribution < -0.4 is 10.2 Å². The van der Waals surface area contributed by atoms with Crippen molar-refractivity contribution in [3.05, 3.63) is 39.8 Å². The van der Waals surface area contributed by atoms with Gasteiger partial charge in [0.15, 0.2) is 5.13 Å². The van der Waals surface area contributed by atoms with E-state index in [-0.39, 0.29) is 24.2 Å². The number of carbonyl (C=O) groups excluding carboxylic acids is 2. The second-order valence-electron chi connectivity index (χ2n) is 6.45. The lowest BCUT2D eigenvalue weighted by atomic mass is 10.1. The van der Waals surface area contributed by atoms with Crippen LogP contribution in [0.3, 0.4) is 0 Å². The highest BCUT2D eigenvalue weighted by atomic mass is 32.1. The molecule has 26 heavy (non-hydrogen) atoms. The van der Waals surface area contributed by atoms with Crippen molar-refractivity contribution >= 4 is 49.8 Å². The Labute approximate surface area is 158 Å². The Kier molecular flexibility index (Phi) is 4.46. The van der Waals surface area contributed by atoms with Gasteiger partial charge in [0, 0.05) is 18.3 Å². The highest BCUT2D eigenvalue weighted by molar-refractivity contribution is 7.22. The highest BCUT2D eigenvalue weighted by Crippen LogP contribution is 2.33. The van der Waals surface area contributed by atoms with Crippen molar-refractivity contribution in [2.45, 2.75) is 26.8 Å². The van der Waals surface area contributed by atoms with Gasteiger partial charge in [0.1, 0.15) is 0 Å². The van der Waals surface area contributed by atoms with Crippen molar-refractivity contribution in [3.63, 3.8) is 0 Å². The molecule has 1 saturated heterocycles. The molecule has 0 saturated carbocycles. The minimum atomic E-state index is -0.351. The molecule has 0 radical (unpaired) electrons. The number of anilines is 1. The predicted octanol–water partition coefficient (Wildman–Crippen LogP) is 3.04. The molecular formula is C18H18N4O2S2. The Balaban J connectivity index is 1.44. The van der Waals surface area contributed by atoms with Gasteiger partial charge in [-0.1, -0.05) is 17.4 Å². The van der Waals surface area contributed by atoms with E-state index in [1.807, 2.05) is 31.4 Å². The molecule has 1 atom stereocenters. The zero-order valence-electron chi connectivity index (χ0n) is 14.5. The second-order valence-corrected chi connectivity index (χ2v) is 8.52. The quantitative estimate of drug-likeness (QED) is 0.748. The summed E-state index contributed by atoms with van der Waals surface area (Å²) < 4.78 is 1.06. The maximum Gasteiger partial charge on any atom is 0.229 e. The summed E-state index contributed by atoms with van der Waals surface area (Å²) >= 11 is 3.05. The first-order valence-electron chi connectivity index (χ1n) is 8.36. The van der Waals surface area contributed by atoms with Crippen molar-refractivity contribution < 1.29 is 9.59 Å². The van der Waals surface area contributed by atoms with E-state index >= 15 is 0 Å². The van der Waals surface area contributed by atoms with Gasteiger partial charge in [0.2, 0.25) is 11.8 Å². The molecule has 1 unspecified atom stereocenters. The molecule has 2 aromatic heterocycles. The number of aromatic nitrogens is 2. The maximum absolute atomic E-state index is 12.4. The molecule has 0 aliphatic carbocycles. The Morgan fingerprint density at radius 3 is 2.96 bits per heavy atom. The lowest BCUT2D eigenvalue weighted by molar-refractivity contribution is -0.126. The van der Waals surface area contributed by atoms with Crippen LogP contribution in [0.2, 0.25) is 0 Å². The molecule has 134 valence electrons. The van der Waals surface area contributed by atoms with Gasteiger partial charge in [-0.15, -0.1) is 11.3 Å². The van der Waals surface area contributed by atoms with Gasteiger partial charge in [-0.3, -0.25) is 14.5 Å². The number of nitrogens with zero attached hydrogens (tertiary/aromatic N) is 3. The lowest BCUT2D eigenvalue weighted by Crippen LogP contribution is -2.32. The van der Waals surface area contributed by atoms with E-state index in [2.05, 4.69) is 21.4 Å². The second kappa shape index (κ2) is 6.77. The van der Waals surface area contributed by atoms with Gasteiger partial charge < -0.3 is 5.32 Å². The molecule has 2 amide bonds. The molecule has 0 bridgehead atoms. The van der Waals surface area contributed by atoms with E-state index in [0.717, 1.165) is 26.5 Å². The molecule has 3 aromatic rings. The van der Waals surface area contributed by atoms with E-state index in [1.54, 1.807) is 16.2 Å². The number of aryl methyl sites for hydroxylation is 2. The maximum atomic E-state index is 12.4. The van der Waals surface area contributed by atoms with Gasteiger partial charge >= 0.3 is 0 Å². The fraction of sp³-hybridized carbons (Fsp3) is 0.333. The number of benzene rings is 1.